The van der Waals surface area contributed by atoms with Gasteiger partial charge in [0, 0.05) is 5.92 Å². The standard InChI is InChI=1S/C12H18N4O2/c17-10(8-4-1-2-5-8)14-12-16-15-11(18-12)9-6-3-7-13-9/h8-9,13H,1-7H2,(H,14,16,17). The van der Waals surface area contributed by atoms with Crippen molar-refractivity contribution in [2.45, 2.75) is 44.6 Å². The fourth-order valence-corrected chi connectivity index (χ4v) is 2.72. The zero-order valence-electron chi connectivity index (χ0n) is 10.3. The minimum Gasteiger partial charge on any atom is -0.406 e. The Morgan fingerprint density at radius 3 is 2.78 bits per heavy atom. The third kappa shape index (κ3) is 2.38. The maximum Gasteiger partial charge on any atom is 0.322 e. The highest BCUT2D eigenvalue weighted by molar-refractivity contribution is 5.90. The Labute approximate surface area is 106 Å². The van der Waals surface area contributed by atoms with Gasteiger partial charge in [0.2, 0.25) is 11.8 Å². The van der Waals surface area contributed by atoms with Crippen LogP contribution in [0.5, 0.6) is 0 Å². The number of aromatic nitrogens is 2. The molecule has 2 N–H and O–H groups in total. The first-order valence-corrected chi connectivity index (χ1v) is 6.70. The Hall–Kier alpha value is -1.43. The molecule has 1 aromatic rings. The van der Waals surface area contributed by atoms with Crippen LogP contribution in [0.1, 0.15) is 50.5 Å². The molecule has 1 atom stereocenters. The molecule has 2 fully saturated rings. The number of nitrogens with zero attached hydrogens (tertiary/aromatic N) is 2. The van der Waals surface area contributed by atoms with Crippen molar-refractivity contribution in [3.63, 3.8) is 0 Å². The second-order valence-corrected chi connectivity index (χ2v) is 5.07. The van der Waals surface area contributed by atoms with Gasteiger partial charge in [-0.2, -0.15) is 0 Å². The van der Waals surface area contributed by atoms with Gasteiger partial charge in [-0.15, -0.1) is 5.10 Å². The van der Waals surface area contributed by atoms with Gasteiger partial charge in [0.05, 0.1) is 6.04 Å². The molecule has 1 amide bonds. The smallest absolute Gasteiger partial charge is 0.322 e. The van der Waals surface area contributed by atoms with Crippen molar-refractivity contribution in [1.82, 2.24) is 15.5 Å². The normalized spacial score (nSPS) is 24.6. The average Bonchev–Trinajstić information content (AvgIpc) is 3.12. The van der Waals surface area contributed by atoms with Crippen LogP contribution in [0.25, 0.3) is 0 Å². The van der Waals surface area contributed by atoms with Crippen LogP contribution in [0.2, 0.25) is 0 Å². The monoisotopic (exact) mass is 250 g/mol. The topological polar surface area (TPSA) is 80.0 Å². The predicted molar refractivity (Wildman–Crippen MR) is 64.9 cm³/mol. The van der Waals surface area contributed by atoms with Crippen LogP contribution in [0.4, 0.5) is 6.01 Å². The molecule has 6 heteroatoms. The molecule has 1 saturated carbocycles. The Kier molecular flexibility index (Phi) is 3.27. The van der Waals surface area contributed by atoms with Crippen LogP contribution in [0.15, 0.2) is 4.42 Å². The molecule has 98 valence electrons. The number of carbonyl (C=O) groups excluding carboxylic acids is 1. The van der Waals surface area contributed by atoms with Crippen LogP contribution < -0.4 is 10.6 Å². The highest BCUT2D eigenvalue weighted by Gasteiger charge is 2.26. The van der Waals surface area contributed by atoms with Crippen LogP contribution in [-0.2, 0) is 4.79 Å². The van der Waals surface area contributed by atoms with E-state index in [0.717, 1.165) is 45.1 Å². The Morgan fingerprint density at radius 1 is 1.22 bits per heavy atom. The van der Waals surface area contributed by atoms with Crippen LogP contribution in [0.3, 0.4) is 0 Å². The predicted octanol–water partition coefficient (Wildman–Crippen LogP) is 1.62. The number of nitrogens with one attached hydrogen (secondary N) is 2. The summed E-state index contributed by atoms with van der Waals surface area (Å²) in [5.41, 5.74) is 0. The molecule has 2 heterocycles. The zero-order chi connectivity index (χ0) is 12.4. The SMILES string of the molecule is O=C(Nc1nnc(C2CCCN2)o1)C1CCCC1. The van der Waals surface area contributed by atoms with Gasteiger partial charge in [0.15, 0.2) is 0 Å². The summed E-state index contributed by atoms with van der Waals surface area (Å²) in [6.07, 6.45) is 6.35. The number of anilines is 1. The van der Waals surface area contributed by atoms with Crippen LogP contribution in [0, 0.1) is 5.92 Å². The Bertz CT molecular complexity index is 419. The van der Waals surface area contributed by atoms with Gasteiger partial charge in [0.25, 0.3) is 0 Å². The molecule has 1 aliphatic carbocycles. The summed E-state index contributed by atoms with van der Waals surface area (Å²) < 4.78 is 5.48. The minimum absolute atomic E-state index is 0.0158. The molecule has 0 spiro atoms. The number of rotatable bonds is 3. The van der Waals surface area contributed by atoms with E-state index in [0.29, 0.717) is 5.89 Å². The van der Waals surface area contributed by atoms with Gasteiger partial charge in [0.1, 0.15) is 0 Å². The van der Waals surface area contributed by atoms with Crippen LogP contribution >= 0.6 is 0 Å². The van der Waals surface area contributed by atoms with E-state index in [-0.39, 0.29) is 23.9 Å². The zero-order valence-corrected chi connectivity index (χ0v) is 10.3. The summed E-state index contributed by atoms with van der Waals surface area (Å²) in [6, 6.07) is 0.380. The summed E-state index contributed by atoms with van der Waals surface area (Å²) in [6.45, 7) is 0.983. The third-order valence-corrected chi connectivity index (χ3v) is 3.76. The van der Waals surface area contributed by atoms with Crippen molar-refractivity contribution in [2.24, 2.45) is 5.92 Å². The van der Waals surface area contributed by atoms with Gasteiger partial charge >= 0.3 is 6.01 Å². The molecular formula is C12H18N4O2. The lowest BCUT2D eigenvalue weighted by Gasteiger charge is -2.06. The molecule has 0 radical (unpaired) electrons. The second kappa shape index (κ2) is 5.06. The van der Waals surface area contributed by atoms with E-state index in [2.05, 4.69) is 20.8 Å². The van der Waals surface area contributed by atoms with E-state index in [1.54, 1.807) is 0 Å². The highest BCUT2D eigenvalue weighted by atomic mass is 16.4. The number of carbonyl (C=O) groups is 1. The van der Waals surface area contributed by atoms with Gasteiger partial charge in [-0.25, -0.2) is 0 Å². The maximum atomic E-state index is 11.9. The van der Waals surface area contributed by atoms with Crippen molar-refractivity contribution >= 4 is 11.9 Å². The van der Waals surface area contributed by atoms with Crippen molar-refractivity contribution in [3.05, 3.63) is 5.89 Å². The van der Waals surface area contributed by atoms with E-state index in [4.69, 9.17) is 4.42 Å². The fourth-order valence-electron chi connectivity index (χ4n) is 2.72. The largest absolute Gasteiger partial charge is 0.406 e. The molecule has 3 rings (SSSR count). The number of amides is 1. The quantitative estimate of drug-likeness (QED) is 0.852. The van der Waals surface area contributed by atoms with Gasteiger partial charge in [-0.1, -0.05) is 17.9 Å². The molecule has 1 aliphatic heterocycles. The van der Waals surface area contributed by atoms with E-state index in [1.807, 2.05) is 0 Å². The fraction of sp³-hybridized carbons (Fsp3) is 0.750. The van der Waals surface area contributed by atoms with E-state index in [1.165, 1.54) is 0 Å². The molecule has 1 unspecified atom stereocenters. The van der Waals surface area contributed by atoms with Gasteiger partial charge in [-0.3, -0.25) is 10.1 Å². The Morgan fingerprint density at radius 2 is 2.06 bits per heavy atom. The van der Waals surface area contributed by atoms with E-state index < -0.39 is 0 Å². The summed E-state index contributed by atoms with van der Waals surface area (Å²) in [7, 11) is 0. The van der Waals surface area contributed by atoms with Crippen molar-refractivity contribution in [2.75, 3.05) is 11.9 Å². The molecule has 1 saturated heterocycles. The van der Waals surface area contributed by atoms with Gasteiger partial charge < -0.3 is 9.73 Å². The molecular weight excluding hydrogens is 232 g/mol. The molecule has 6 nitrogen and oxygen atoms in total. The van der Waals surface area contributed by atoms with Gasteiger partial charge in [-0.05, 0) is 32.2 Å². The number of hydrogen-bond donors (Lipinski definition) is 2. The first-order valence-electron chi connectivity index (χ1n) is 6.70. The Balaban J connectivity index is 1.60. The summed E-state index contributed by atoms with van der Waals surface area (Å²) >= 11 is 0. The molecule has 2 aliphatic rings. The summed E-state index contributed by atoms with van der Waals surface area (Å²) in [5.74, 6) is 0.709. The minimum atomic E-state index is 0.0158. The summed E-state index contributed by atoms with van der Waals surface area (Å²) in [4.78, 5) is 11.9. The molecule has 0 bridgehead atoms. The van der Waals surface area contributed by atoms with Crippen molar-refractivity contribution in [3.8, 4) is 0 Å². The molecule has 18 heavy (non-hydrogen) atoms. The van der Waals surface area contributed by atoms with E-state index >= 15 is 0 Å². The van der Waals surface area contributed by atoms with Crippen molar-refractivity contribution < 1.29 is 9.21 Å². The van der Waals surface area contributed by atoms with Crippen molar-refractivity contribution in [1.29, 1.82) is 0 Å². The lowest BCUT2D eigenvalue weighted by molar-refractivity contribution is -0.119. The first-order chi connectivity index (χ1) is 8.83. The average molecular weight is 250 g/mol. The summed E-state index contributed by atoms with van der Waals surface area (Å²) in [5, 5.41) is 13.9. The third-order valence-electron chi connectivity index (χ3n) is 3.76. The lowest BCUT2D eigenvalue weighted by Crippen LogP contribution is -2.20. The van der Waals surface area contributed by atoms with Crippen LogP contribution in [-0.4, -0.2) is 22.6 Å². The molecule has 1 aromatic heterocycles. The first kappa shape index (κ1) is 11.6. The second-order valence-electron chi connectivity index (χ2n) is 5.07. The molecule has 0 aromatic carbocycles. The lowest BCUT2D eigenvalue weighted by atomic mass is 10.1. The highest BCUT2D eigenvalue weighted by Crippen LogP contribution is 2.27. The maximum absolute atomic E-state index is 11.9. The number of hydrogen-bond acceptors (Lipinski definition) is 5. The van der Waals surface area contributed by atoms with E-state index in [9.17, 15) is 4.79 Å².